The van der Waals surface area contributed by atoms with Gasteiger partial charge in [-0.05, 0) is 111 Å². The van der Waals surface area contributed by atoms with E-state index in [4.69, 9.17) is 4.74 Å². The molecular weight excluding hydrogens is 438 g/mol. The van der Waals surface area contributed by atoms with Gasteiger partial charge in [0, 0.05) is 17.3 Å². The molecule has 4 aliphatic carbocycles. The number of hydrogen-bond donors (Lipinski definition) is 1. The predicted molar refractivity (Wildman–Crippen MR) is 124 cm³/mol. The third-order valence-electron chi connectivity index (χ3n) is 8.87. The molecule has 0 unspecified atom stereocenters. The molecule has 0 aromatic heterocycles. The van der Waals surface area contributed by atoms with Gasteiger partial charge in [-0.1, -0.05) is 28.9 Å². The molecule has 164 valence electrons. The number of rotatable bonds is 6. The number of amides is 1. The Balaban J connectivity index is 1.35. The number of fused-ring (bicyclic) bond motifs is 5. The maximum absolute atomic E-state index is 13.2. The molecule has 0 aliphatic heterocycles. The first-order valence-corrected chi connectivity index (χ1v) is 13.3. The highest BCUT2D eigenvalue weighted by molar-refractivity contribution is 9.09. The van der Waals surface area contributed by atoms with Crippen molar-refractivity contribution in [1.82, 2.24) is 5.32 Å². The Labute approximate surface area is 189 Å². The van der Waals surface area contributed by atoms with E-state index in [0.717, 1.165) is 36.9 Å². The number of carbonyl (C=O) groups excluding carboxylic acids is 1. The van der Waals surface area contributed by atoms with E-state index < -0.39 is 0 Å². The van der Waals surface area contributed by atoms with Crippen LogP contribution in [0.5, 0.6) is 5.75 Å². The first-order valence-electron chi connectivity index (χ1n) is 12.2. The van der Waals surface area contributed by atoms with Crippen LogP contribution in [-0.4, -0.2) is 23.9 Å². The Hall–Kier alpha value is -1.03. The minimum Gasteiger partial charge on any atom is -0.494 e. The highest BCUT2D eigenvalue weighted by Crippen LogP contribution is 2.62. The van der Waals surface area contributed by atoms with E-state index in [1.807, 2.05) is 0 Å². The maximum atomic E-state index is 13.2. The number of halogens is 1. The smallest absolute Gasteiger partial charge is 0.223 e. The number of alkyl halides is 1. The van der Waals surface area contributed by atoms with Gasteiger partial charge in [0.25, 0.3) is 0 Å². The average Bonchev–Trinajstić information content (AvgIpc) is 3.08. The van der Waals surface area contributed by atoms with Crippen LogP contribution in [0.2, 0.25) is 0 Å². The monoisotopic (exact) mass is 473 g/mol. The largest absolute Gasteiger partial charge is 0.494 e. The lowest BCUT2D eigenvalue weighted by atomic mass is 9.54. The van der Waals surface area contributed by atoms with E-state index in [1.54, 1.807) is 5.56 Å². The minimum atomic E-state index is 0.233. The SMILES string of the molecule is C[C@@]12CC[C@H](C(=O)NC3CCC3)[C@H]1[C@@H]1CCc3cc(OCCCBr)ccc3[C@H]1CC2. The number of nitrogens with one attached hydrogen (secondary N) is 1. The third kappa shape index (κ3) is 3.72. The number of hydrogen-bond acceptors (Lipinski definition) is 2. The van der Waals surface area contributed by atoms with Crippen LogP contribution in [0.25, 0.3) is 0 Å². The number of benzene rings is 1. The van der Waals surface area contributed by atoms with Crippen molar-refractivity contribution in [1.29, 1.82) is 0 Å². The Morgan fingerprint density at radius 1 is 1.20 bits per heavy atom. The maximum Gasteiger partial charge on any atom is 0.223 e. The molecule has 1 aromatic rings. The zero-order chi connectivity index (χ0) is 20.7. The Kier molecular flexibility index (Phi) is 5.90. The fourth-order valence-electron chi connectivity index (χ4n) is 7.11. The molecule has 0 radical (unpaired) electrons. The third-order valence-corrected chi connectivity index (χ3v) is 9.43. The standard InChI is InChI=1S/C26H36BrNO2/c1-26-12-10-21-20-9-7-19(30-15-3-14-27)16-17(20)6-8-22(21)24(26)23(11-13-26)25(29)28-18-4-2-5-18/h7,9,16,18,21-24H,2-6,8,10-15H2,1H3,(H,28,29)/t21-,22-,23+,24-,26-/m1/s1. The van der Waals surface area contributed by atoms with Gasteiger partial charge in [-0.3, -0.25) is 4.79 Å². The van der Waals surface area contributed by atoms with Crippen molar-refractivity contribution in [3.05, 3.63) is 29.3 Å². The molecule has 0 saturated heterocycles. The molecule has 5 atom stereocenters. The molecule has 4 heteroatoms. The van der Waals surface area contributed by atoms with Crippen LogP contribution in [-0.2, 0) is 11.2 Å². The average molecular weight is 474 g/mol. The molecule has 3 saturated carbocycles. The first-order chi connectivity index (χ1) is 14.6. The van der Waals surface area contributed by atoms with Gasteiger partial charge in [-0.25, -0.2) is 0 Å². The van der Waals surface area contributed by atoms with Crippen molar-refractivity contribution in [2.45, 2.75) is 83.1 Å². The van der Waals surface area contributed by atoms with Crippen LogP contribution in [0.4, 0.5) is 0 Å². The van der Waals surface area contributed by atoms with Gasteiger partial charge < -0.3 is 10.1 Å². The molecule has 1 aromatic carbocycles. The van der Waals surface area contributed by atoms with Gasteiger partial charge in [0.15, 0.2) is 0 Å². The Morgan fingerprint density at radius 3 is 2.80 bits per heavy atom. The summed E-state index contributed by atoms with van der Waals surface area (Å²) in [6, 6.07) is 7.28. The lowest BCUT2D eigenvalue weighted by Crippen LogP contribution is -2.48. The second-order valence-corrected chi connectivity index (χ2v) is 11.4. The molecule has 1 amide bonds. The summed E-state index contributed by atoms with van der Waals surface area (Å²) in [6.45, 7) is 3.26. The van der Waals surface area contributed by atoms with Gasteiger partial charge in [0.2, 0.25) is 5.91 Å². The summed E-state index contributed by atoms with van der Waals surface area (Å²) in [5.74, 6) is 3.47. The summed E-state index contributed by atoms with van der Waals surface area (Å²) >= 11 is 3.47. The minimum absolute atomic E-state index is 0.233. The zero-order valence-electron chi connectivity index (χ0n) is 18.3. The van der Waals surface area contributed by atoms with Crippen molar-refractivity contribution in [2.75, 3.05) is 11.9 Å². The first kappa shape index (κ1) is 20.8. The van der Waals surface area contributed by atoms with Crippen molar-refractivity contribution in [3.8, 4) is 5.75 Å². The van der Waals surface area contributed by atoms with Crippen LogP contribution in [0.15, 0.2) is 18.2 Å². The zero-order valence-corrected chi connectivity index (χ0v) is 19.9. The summed E-state index contributed by atoms with van der Waals surface area (Å²) in [7, 11) is 0. The summed E-state index contributed by atoms with van der Waals surface area (Å²) in [6.07, 6.45) is 11.9. The van der Waals surface area contributed by atoms with Crippen LogP contribution in [0.1, 0.15) is 81.8 Å². The fourth-order valence-corrected chi connectivity index (χ4v) is 7.34. The topological polar surface area (TPSA) is 38.3 Å². The van der Waals surface area contributed by atoms with Crippen LogP contribution in [0, 0.1) is 23.2 Å². The summed E-state index contributed by atoms with van der Waals surface area (Å²) in [4.78, 5) is 13.2. The Morgan fingerprint density at radius 2 is 2.03 bits per heavy atom. The molecule has 0 spiro atoms. The molecule has 3 fully saturated rings. The molecule has 0 bridgehead atoms. The number of carbonyl (C=O) groups is 1. The molecule has 3 nitrogen and oxygen atoms in total. The second kappa shape index (κ2) is 8.48. The van der Waals surface area contributed by atoms with Gasteiger partial charge in [-0.2, -0.15) is 0 Å². The molecule has 5 rings (SSSR count). The summed E-state index contributed by atoms with van der Waals surface area (Å²) in [5, 5.41) is 4.38. The molecule has 0 heterocycles. The summed E-state index contributed by atoms with van der Waals surface area (Å²) in [5.41, 5.74) is 3.40. The number of aryl methyl sites for hydroxylation is 1. The molecule has 4 aliphatic rings. The number of ether oxygens (including phenoxy) is 1. The molecule has 30 heavy (non-hydrogen) atoms. The van der Waals surface area contributed by atoms with E-state index in [1.165, 1.54) is 50.5 Å². The van der Waals surface area contributed by atoms with Gasteiger partial charge in [-0.15, -0.1) is 0 Å². The van der Waals surface area contributed by atoms with E-state index in [0.29, 0.717) is 35.1 Å². The second-order valence-electron chi connectivity index (χ2n) is 10.6. The van der Waals surface area contributed by atoms with E-state index >= 15 is 0 Å². The summed E-state index contributed by atoms with van der Waals surface area (Å²) < 4.78 is 5.95. The molecular formula is C26H36BrNO2. The van der Waals surface area contributed by atoms with Crippen molar-refractivity contribution >= 4 is 21.8 Å². The van der Waals surface area contributed by atoms with Crippen LogP contribution in [0.3, 0.4) is 0 Å². The van der Waals surface area contributed by atoms with Gasteiger partial charge in [0.1, 0.15) is 5.75 Å². The van der Waals surface area contributed by atoms with E-state index in [9.17, 15) is 4.79 Å². The lowest BCUT2D eigenvalue weighted by Gasteiger charge is -2.50. The van der Waals surface area contributed by atoms with Crippen LogP contribution >= 0.6 is 15.9 Å². The lowest BCUT2D eigenvalue weighted by molar-refractivity contribution is -0.130. The highest BCUT2D eigenvalue weighted by atomic mass is 79.9. The van der Waals surface area contributed by atoms with E-state index in [-0.39, 0.29) is 5.92 Å². The highest BCUT2D eigenvalue weighted by Gasteiger charge is 2.56. The van der Waals surface area contributed by atoms with Crippen molar-refractivity contribution < 1.29 is 9.53 Å². The normalized spacial score (nSPS) is 35.0. The quantitative estimate of drug-likeness (QED) is 0.406. The Bertz CT molecular complexity index is 791. The predicted octanol–water partition coefficient (Wildman–Crippen LogP) is 5.99. The molecule has 1 N–H and O–H groups in total. The van der Waals surface area contributed by atoms with Crippen molar-refractivity contribution in [2.24, 2.45) is 23.2 Å². The van der Waals surface area contributed by atoms with Gasteiger partial charge >= 0.3 is 0 Å². The van der Waals surface area contributed by atoms with E-state index in [2.05, 4.69) is 46.4 Å². The van der Waals surface area contributed by atoms with Crippen LogP contribution < -0.4 is 10.1 Å². The fraction of sp³-hybridized carbons (Fsp3) is 0.731. The van der Waals surface area contributed by atoms with Gasteiger partial charge in [0.05, 0.1) is 6.61 Å². The van der Waals surface area contributed by atoms with Crippen molar-refractivity contribution in [3.63, 3.8) is 0 Å².